The SMILES string of the molecule is C.CCOC(=O)CCN1CCNC[C@H]1COC. The molecule has 0 radical (unpaired) electrons. The summed E-state index contributed by atoms with van der Waals surface area (Å²) in [5.74, 6) is -0.114. The molecular weight excluding hydrogens is 220 g/mol. The first-order valence-corrected chi connectivity index (χ1v) is 5.87. The summed E-state index contributed by atoms with van der Waals surface area (Å²) in [4.78, 5) is 13.5. The lowest BCUT2D eigenvalue weighted by Gasteiger charge is -2.35. The Hall–Kier alpha value is -0.650. The highest BCUT2D eigenvalue weighted by molar-refractivity contribution is 5.69. The maximum absolute atomic E-state index is 11.3. The predicted molar refractivity (Wildman–Crippen MR) is 68.1 cm³/mol. The van der Waals surface area contributed by atoms with Crippen molar-refractivity contribution < 1.29 is 14.3 Å². The van der Waals surface area contributed by atoms with Crippen LogP contribution in [0.2, 0.25) is 0 Å². The fourth-order valence-electron chi connectivity index (χ4n) is 1.92. The van der Waals surface area contributed by atoms with E-state index in [1.54, 1.807) is 7.11 Å². The van der Waals surface area contributed by atoms with Gasteiger partial charge in [-0.25, -0.2) is 0 Å². The minimum Gasteiger partial charge on any atom is -0.466 e. The van der Waals surface area contributed by atoms with Gasteiger partial charge in [0.1, 0.15) is 0 Å². The van der Waals surface area contributed by atoms with Crippen LogP contribution < -0.4 is 5.32 Å². The van der Waals surface area contributed by atoms with E-state index in [4.69, 9.17) is 9.47 Å². The molecule has 0 aromatic carbocycles. The van der Waals surface area contributed by atoms with E-state index in [1.807, 2.05) is 6.92 Å². The van der Waals surface area contributed by atoms with Gasteiger partial charge in [-0.15, -0.1) is 0 Å². The van der Waals surface area contributed by atoms with Crippen LogP contribution in [0.5, 0.6) is 0 Å². The third-order valence-electron chi connectivity index (χ3n) is 2.74. The number of nitrogens with one attached hydrogen (secondary N) is 1. The van der Waals surface area contributed by atoms with Crippen LogP contribution in [0.3, 0.4) is 0 Å². The van der Waals surface area contributed by atoms with Gasteiger partial charge in [0.2, 0.25) is 0 Å². The second-order valence-electron chi connectivity index (χ2n) is 3.90. The van der Waals surface area contributed by atoms with Gasteiger partial charge >= 0.3 is 5.97 Å². The number of hydrogen-bond donors (Lipinski definition) is 1. The molecule has 0 aromatic heterocycles. The Morgan fingerprint density at radius 3 is 2.94 bits per heavy atom. The van der Waals surface area contributed by atoms with Gasteiger partial charge in [-0.05, 0) is 6.92 Å². The monoisotopic (exact) mass is 246 g/mol. The lowest BCUT2D eigenvalue weighted by atomic mass is 10.2. The van der Waals surface area contributed by atoms with Crippen molar-refractivity contribution in [2.75, 3.05) is 46.5 Å². The van der Waals surface area contributed by atoms with E-state index in [2.05, 4.69) is 10.2 Å². The largest absolute Gasteiger partial charge is 0.466 e. The molecule has 1 heterocycles. The number of ether oxygens (including phenoxy) is 2. The van der Waals surface area contributed by atoms with Crippen LogP contribution in [0.15, 0.2) is 0 Å². The summed E-state index contributed by atoms with van der Waals surface area (Å²) in [6.45, 7) is 6.62. The quantitative estimate of drug-likeness (QED) is 0.692. The zero-order valence-electron chi connectivity index (χ0n) is 10.2. The van der Waals surface area contributed by atoms with Gasteiger partial charge in [0.15, 0.2) is 0 Å². The average Bonchev–Trinajstić information content (AvgIpc) is 2.29. The maximum Gasteiger partial charge on any atom is 0.307 e. The maximum atomic E-state index is 11.3. The van der Waals surface area contributed by atoms with Gasteiger partial charge in [-0.2, -0.15) is 0 Å². The number of rotatable bonds is 6. The van der Waals surface area contributed by atoms with Crippen molar-refractivity contribution in [2.24, 2.45) is 0 Å². The molecule has 5 nitrogen and oxygen atoms in total. The van der Waals surface area contributed by atoms with Crippen molar-refractivity contribution in [1.82, 2.24) is 10.2 Å². The summed E-state index contributed by atoms with van der Waals surface area (Å²) in [7, 11) is 1.71. The van der Waals surface area contributed by atoms with Crippen molar-refractivity contribution in [3.05, 3.63) is 0 Å². The molecular formula is C12H26N2O3. The Morgan fingerprint density at radius 2 is 2.29 bits per heavy atom. The first-order chi connectivity index (χ1) is 7.77. The fraction of sp³-hybridized carbons (Fsp3) is 0.917. The number of carbonyl (C=O) groups excluding carboxylic acids is 1. The lowest BCUT2D eigenvalue weighted by molar-refractivity contribution is -0.143. The van der Waals surface area contributed by atoms with E-state index in [1.165, 1.54) is 0 Å². The molecule has 0 unspecified atom stereocenters. The summed E-state index contributed by atoms with van der Waals surface area (Å²) in [6, 6.07) is 0.369. The lowest BCUT2D eigenvalue weighted by Crippen LogP contribution is -2.53. The molecule has 1 aliphatic heterocycles. The smallest absolute Gasteiger partial charge is 0.307 e. The van der Waals surface area contributed by atoms with E-state index in [0.29, 0.717) is 25.7 Å². The van der Waals surface area contributed by atoms with E-state index in [-0.39, 0.29) is 13.4 Å². The summed E-state index contributed by atoms with van der Waals surface area (Å²) in [6.07, 6.45) is 0.466. The number of piperazine rings is 1. The van der Waals surface area contributed by atoms with Gasteiger partial charge in [-0.3, -0.25) is 9.69 Å². The number of esters is 1. The summed E-state index contributed by atoms with van der Waals surface area (Å²) < 4.78 is 10.1. The van der Waals surface area contributed by atoms with Crippen LogP contribution in [-0.4, -0.2) is 63.4 Å². The number of nitrogens with zero attached hydrogens (tertiary/aromatic N) is 1. The summed E-state index contributed by atoms with van der Waals surface area (Å²) in [5.41, 5.74) is 0. The number of hydrogen-bond acceptors (Lipinski definition) is 5. The van der Waals surface area contributed by atoms with Crippen molar-refractivity contribution in [2.45, 2.75) is 26.8 Å². The Balaban J connectivity index is 0.00000256. The molecule has 0 amide bonds. The van der Waals surface area contributed by atoms with Crippen LogP contribution in [0, 0.1) is 0 Å². The van der Waals surface area contributed by atoms with Crippen molar-refractivity contribution in [1.29, 1.82) is 0 Å². The number of carbonyl (C=O) groups is 1. The highest BCUT2D eigenvalue weighted by Crippen LogP contribution is 2.05. The van der Waals surface area contributed by atoms with Crippen LogP contribution >= 0.6 is 0 Å². The van der Waals surface area contributed by atoms with Gasteiger partial charge in [0.05, 0.1) is 19.6 Å². The number of methoxy groups -OCH3 is 1. The van der Waals surface area contributed by atoms with E-state index in [9.17, 15) is 4.79 Å². The third-order valence-corrected chi connectivity index (χ3v) is 2.74. The first-order valence-electron chi connectivity index (χ1n) is 5.87. The molecule has 1 saturated heterocycles. The topological polar surface area (TPSA) is 50.8 Å². The van der Waals surface area contributed by atoms with Gasteiger partial charge in [0, 0.05) is 39.3 Å². The molecule has 1 aliphatic rings. The molecule has 17 heavy (non-hydrogen) atoms. The minimum absolute atomic E-state index is 0. The van der Waals surface area contributed by atoms with Gasteiger partial charge in [0.25, 0.3) is 0 Å². The van der Waals surface area contributed by atoms with Crippen molar-refractivity contribution in [3.8, 4) is 0 Å². The Kier molecular flexibility index (Phi) is 9.03. The second-order valence-corrected chi connectivity index (χ2v) is 3.90. The normalized spacial score (nSPS) is 20.7. The minimum atomic E-state index is -0.114. The van der Waals surface area contributed by atoms with Crippen molar-refractivity contribution in [3.63, 3.8) is 0 Å². The second kappa shape index (κ2) is 9.39. The van der Waals surface area contributed by atoms with E-state index >= 15 is 0 Å². The molecule has 1 fully saturated rings. The van der Waals surface area contributed by atoms with Crippen LogP contribution in [0.25, 0.3) is 0 Å². The molecule has 0 bridgehead atoms. The Bertz CT molecular complexity index is 210. The predicted octanol–water partition coefficient (Wildman–Crippen LogP) is 0.496. The van der Waals surface area contributed by atoms with Crippen LogP contribution in [0.1, 0.15) is 20.8 Å². The highest BCUT2D eigenvalue weighted by Gasteiger charge is 2.22. The fourth-order valence-corrected chi connectivity index (χ4v) is 1.92. The molecule has 1 atom stereocenters. The first kappa shape index (κ1) is 16.4. The molecule has 0 spiro atoms. The van der Waals surface area contributed by atoms with Gasteiger partial charge in [-0.1, -0.05) is 7.43 Å². The summed E-state index contributed by atoms with van der Waals surface area (Å²) >= 11 is 0. The zero-order chi connectivity index (χ0) is 11.8. The standard InChI is InChI=1S/C11H22N2O3.CH4/c1-3-16-11(14)4-6-13-7-5-12-8-10(13)9-15-2;/h10,12H,3-9H2,1-2H3;1H4/t10-;/m0./s1. The molecule has 0 aliphatic carbocycles. The van der Waals surface area contributed by atoms with Crippen LogP contribution in [0.4, 0.5) is 0 Å². The summed E-state index contributed by atoms with van der Waals surface area (Å²) in [5, 5.41) is 3.32. The Labute approximate surface area is 104 Å². The molecule has 0 saturated carbocycles. The van der Waals surface area contributed by atoms with Crippen LogP contribution in [-0.2, 0) is 14.3 Å². The Morgan fingerprint density at radius 1 is 1.53 bits per heavy atom. The van der Waals surface area contributed by atoms with E-state index < -0.39 is 0 Å². The molecule has 1 N–H and O–H groups in total. The van der Waals surface area contributed by atoms with E-state index in [0.717, 1.165) is 26.2 Å². The van der Waals surface area contributed by atoms with Crippen molar-refractivity contribution >= 4 is 5.97 Å². The zero-order valence-corrected chi connectivity index (χ0v) is 10.2. The van der Waals surface area contributed by atoms with Gasteiger partial charge < -0.3 is 14.8 Å². The average molecular weight is 246 g/mol. The molecule has 1 rings (SSSR count). The third kappa shape index (κ3) is 6.00. The molecule has 5 heteroatoms. The molecule has 102 valence electrons. The molecule has 0 aromatic rings. The highest BCUT2D eigenvalue weighted by atomic mass is 16.5.